The molecule has 9 heteroatoms. The largest absolute Gasteiger partial charge is 0.452 e. The van der Waals surface area contributed by atoms with Crippen LogP contribution in [0.15, 0.2) is 54.7 Å². The number of aryl methyl sites for hydroxylation is 1. The number of urea groups is 1. The Hall–Kier alpha value is -4.01. The van der Waals surface area contributed by atoms with Gasteiger partial charge < -0.3 is 10.5 Å². The van der Waals surface area contributed by atoms with Crippen molar-refractivity contribution in [2.24, 2.45) is 5.73 Å². The maximum Gasteiger partial charge on any atom is 0.342 e. The highest BCUT2D eigenvalue weighted by Gasteiger charge is 2.21. The summed E-state index contributed by atoms with van der Waals surface area (Å²) in [5.74, 6) is -2.07. The minimum atomic E-state index is -1.05. The Morgan fingerprint density at radius 2 is 1.90 bits per heavy atom. The van der Waals surface area contributed by atoms with E-state index >= 15 is 0 Å². The molecule has 0 aliphatic heterocycles. The molecule has 2 aromatic carbocycles. The Bertz CT molecular complexity index is 1080. The van der Waals surface area contributed by atoms with Crippen LogP contribution in [0.2, 0.25) is 0 Å². The highest BCUT2D eigenvalue weighted by molar-refractivity contribution is 5.99. The molecule has 0 atom stereocenters. The van der Waals surface area contributed by atoms with E-state index in [9.17, 15) is 18.8 Å². The number of carbonyl (C=O) groups is 3. The van der Waals surface area contributed by atoms with Crippen LogP contribution < -0.4 is 11.1 Å². The maximum absolute atomic E-state index is 13.2. The van der Waals surface area contributed by atoms with Crippen molar-refractivity contribution in [1.29, 1.82) is 0 Å². The van der Waals surface area contributed by atoms with Crippen LogP contribution in [0, 0.1) is 12.7 Å². The van der Waals surface area contributed by atoms with Crippen molar-refractivity contribution < 1.29 is 23.5 Å². The number of ether oxygens (including phenoxy) is 1. The Balaban J connectivity index is 1.95. The van der Waals surface area contributed by atoms with Crippen molar-refractivity contribution in [3.8, 4) is 16.9 Å². The fourth-order valence-electron chi connectivity index (χ4n) is 2.64. The number of hydrogen-bond donors (Lipinski definition) is 2. The van der Waals surface area contributed by atoms with Crippen LogP contribution in [0.4, 0.5) is 9.18 Å². The molecule has 8 nitrogen and oxygen atoms in total. The lowest BCUT2D eigenvalue weighted by molar-refractivity contribution is -0.123. The third-order valence-corrected chi connectivity index (χ3v) is 3.91. The molecule has 3 N–H and O–H groups in total. The van der Waals surface area contributed by atoms with E-state index in [1.54, 1.807) is 11.4 Å². The number of imide groups is 1. The number of esters is 1. The van der Waals surface area contributed by atoms with Gasteiger partial charge in [0.2, 0.25) is 0 Å². The molecule has 0 bridgehead atoms. The number of carbonyl (C=O) groups excluding carboxylic acids is 3. The summed E-state index contributed by atoms with van der Waals surface area (Å²) in [5.41, 5.74) is 7.44. The Kier molecular flexibility index (Phi) is 5.68. The van der Waals surface area contributed by atoms with Gasteiger partial charge >= 0.3 is 12.0 Å². The van der Waals surface area contributed by atoms with Crippen LogP contribution in [-0.2, 0) is 9.53 Å². The van der Waals surface area contributed by atoms with Crippen molar-refractivity contribution in [3.63, 3.8) is 0 Å². The van der Waals surface area contributed by atoms with Gasteiger partial charge in [-0.3, -0.25) is 10.1 Å². The summed E-state index contributed by atoms with van der Waals surface area (Å²) >= 11 is 0. The lowest BCUT2D eigenvalue weighted by atomic mass is 10.1. The van der Waals surface area contributed by atoms with E-state index in [0.29, 0.717) is 16.9 Å². The van der Waals surface area contributed by atoms with Crippen molar-refractivity contribution >= 4 is 17.9 Å². The molecule has 0 spiro atoms. The van der Waals surface area contributed by atoms with Gasteiger partial charge in [0.1, 0.15) is 17.1 Å². The molecule has 148 valence electrons. The molecule has 0 saturated carbocycles. The molecule has 0 saturated heterocycles. The van der Waals surface area contributed by atoms with Gasteiger partial charge in [0.25, 0.3) is 5.91 Å². The summed E-state index contributed by atoms with van der Waals surface area (Å²) in [5, 5.41) is 6.24. The summed E-state index contributed by atoms with van der Waals surface area (Å²) in [4.78, 5) is 34.8. The Morgan fingerprint density at radius 1 is 1.17 bits per heavy atom. The van der Waals surface area contributed by atoms with Gasteiger partial charge in [-0.25, -0.2) is 18.7 Å². The summed E-state index contributed by atoms with van der Waals surface area (Å²) in [6.07, 6.45) is 1.43. The quantitative estimate of drug-likeness (QED) is 0.642. The molecule has 0 radical (unpaired) electrons. The van der Waals surface area contributed by atoms with Crippen LogP contribution in [0.25, 0.3) is 16.9 Å². The molecule has 0 unspecified atom stereocenters. The molecule has 0 fully saturated rings. The number of rotatable bonds is 5. The number of hydrogen-bond acceptors (Lipinski definition) is 5. The first-order valence-corrected chi connectivity index (χ1v) is 8.52. The Labute approximate surface area is 165 Å². The van der Waals surface area contributed by atoms with Crippen LogP contribution in [0.1, 0.15) is 15.9 Å². The van der Waals surface area contributed by atoms with Crippen LogP contribution in [0.3, 0.4) is 0 Å². The van der Waals surface area contributed by atoms with Gasteiger partial charge in [-0.15, -0.1) is 0 Å². The summed E-state index contributed by atoms with van der Waals surface area (Å²) in [6, 6.07) is 11.9. The molecule has 0 aliphatic carbocycles. The van der Waals surface area contributed by atoms with Crippen molar-refractivity contribution in [3.05, 3.63) is 71.7 Å². The molecular formula is C20H17FN4O4. The zero-order valence-electron chi connectivity index (χ0n) is 15.4. The number of nitrogens with zero attached hydrogens (tertiary/aromatic N) is 2. The second kappa shape index (κ2) is 8.34. The van der Waals surface area contributed by atoms with E-state index in [1.165, 1.54) is 35.1 Å². The van der Waals surface area contributed by atoms with E-state index in [0.717, 1.165) is 5.56 Å². The summed E-state index contributed by atoms with van der Waals surface area (Å²) in [6.45, 7) is 1.21. The number of halogens is 1. The number of aromatic nitrogens is 2. The van der Waals surface area contributed by atoms with Gasteiger partial charge in [0.15, 0.2) is 6.61 Å². The fourth-order valence-corrected chi connectivity index (χ4v) is 2.64. The Morgan fingerprint density at radius 3 is 2.55 bits per heavy atom. The zero-order valence-corrected chi connectivity index (χ0v) is 15.4. The molecule has 3 aromatic rings. The van der Waals surface area contributed by atoms with Crippen molar-refractivity contribution in [2.45, 2.75) is 6.92 Å². The lowest BCUT2D eigenvalue weighted by Gasteiger charge is -2.05. The average Bonchev–Trinajstić information content (AvgIpc) is 3.12. The minimum Gasteiger partial charge on any atom is -0.452 e. The molecule has 0 aliphatic rings. The molecular weight excluding hydrogens is 379 g/mol. The first kappa shape index (κ1) is 19.7. The van der Waals surface area contributed by atoms with Crippen molar-refractivity contribution in [2.75, 3.05) is 6.61 Å². The standard InChI is InChI=1S/C20H17FN4O4/c1-12-3-2-4-13(9-12)18-16(19(27)29-11-17(26)23-20(22)28)10-25(24-18)15-7-5-14(21)6-8-15/h2-10H,11H2,1H3,(H3,22,23,26,28). The topological polar surface area (TPSA) is 116 Å². The molecule has 3 amide bonds. The van der Waals surface area contributed by atoms with Crippen LogP contribution in [-0.4, -0.2) is 34.3 Å². The first-order valence-electron chi connectivity index (χ1n) is 8.52. The van der Waals surface area contributed by atoms with Crippen molar-refractivity contribution in [1.82, 2.24) is 15.1 Å². The first-order chi connectivity index (χ1) is 13.8. The minimum absolute atomic E-state index is 0.104. The summed E-state index contributed by atoms with van der Waals surface area (Å²) in [7, 11) is 0. The molecule has 29 heavy (non-hydrogen) atoms. The number of nitrogens with two attached hydrogens (primary N) is 1. The third kappa shape index (κ3) is 4.83. The number of nitrogens with one attached hydrogen (secondary N) is 1. The van der Waals surface area contributed by atoms with Gasteiger partial charge in [0, 0.05) is 11.8 Å². The number of amides is 3. The lowest BCUT2D eigenvalue weighted by Crippen LogP contribution is -2.37. The summed E-state index contributed by atoms with van der Waals surface area (Å²) < 4.78 is 19.6. The highest BCUT2D eigenvalue weighted by atomic mass is 19.1. The van der Waals surface area contributed by atoms with Gasteiger partial charge in [0.05, 0.1) is 5.69 Å². The van der Waals surface area contributed by atoms with E-state index in [2.05, 4.69) is 5.10 Å². The zero-order chi connectivity index (χ0) is 21.0. The van der Waals surface area contributed by atoms with Gasteiger partial charge in [-0.2, -0.15) is 5.10 Å². The van der Waals surface area contributed by atoms with Gasteiger partial charge in [-0.05, 0) is 37.3 Å². The number of primary amides is 1. The third-order valence-electron chi connectivity index (χ3n) is 3.91. The van der Waals surface area contributed by atoms with E-state index in [1.807, 2.05) is 25.1 Å². The second-order valence-corrected chi connectivity index (χ2v) is 6.17. The second-order valence-electron chi connectivity index (χ2n) is 6.17. The molecule has 1 aromatic heterocycles. The monoisotopic (exact) mass is 396 g/mol. The van der Waals surface area contributed by atoms with Crippen LogP contribution in [0.5, 0.6) is 0 Å². The smallest absolute Gasteiger partial charge is 0.342 e. The van der Waals surface area contributed by atoms with E-state index in [4.69, 9.17) is 10.5 Å². The fraction of sp³-hybridized carbons (Fsp3) is 0.100. The SMILES string of the molecule is Cc1cccc(-c2nn(-c3ccc(F)cc3)cc2C(=O)OCC(=O)NC(N)=O)c1. The van der Waals surface area contributed by atoms with Crippen LogP contribution >= 0.6 is 0 Å². The average molecular weight is 396 g/mol. The predicted molar refractivity (Wildman–Crippen MR) is 102 cm³/mol. The highest BCUT2D eigenvalue weighted by Crippen LogP contribution is 2.25. The van der Waals surface area contributed by atoms with E-state index in [-0.39, 0.29) is 5.56 Å². The predicted octanol–water partition coefficient (Wildman–Crippen LogP) is 2.34. The molecule has 3 rings (SSSR count). The number of benzene rings is 2. The molecule has 1 heterocycles. The van der Waals surface area contributed by atoms with Gasteiger partial charge in [-0.1, -0.05) is 23.8 Å². The normalized spacial score (nSPS) is 10.4. The maximum atomic E-state index is 13.2. The van der Waals surface area contributed by atoms with E-state index < -0.39 is 30.3 Å².